The van der Waals surface area contributed by atoms with E-state index in [-0.39, 0.29) is 11.9 Å². The minimum absolute atomic E-state index is 0.00627. The van der Waals surface area contributed by atoms with Gasteiger partial charge in [-0.2, -0.15) is 0 Å². The van der Waals surface area contributed by atoms with Gasteiger partial charge >= 0.3 is 0 Å². The Bertz CT molecular complexity index is 461. The Balaban J connectivity index is 2.86. The minimum Gasteiger partial charge on any atom is -0.385 e. The second-order valence-corrected chi connectivity index (χ2v) is 5.39. The molecule has 2 N–H and O–H groups in total. The van der Waals surface area contributed by atoms with Crippen LogP contribution < -0.4 is 10.6 Å². The van der Waals surface area contributed by atoms with Gasteiger partial charge in [0.05, 0.1) is 23.9 Å². The summed E-state index contributed by atoms with van der Waals surface area (Å²) in [6.07, 6.45) is 1.63. The Morgan fingerprint density at radius 1 is 1.38 bits per heavy atom. The lowest BCUT2D eigenvalue weighted by molar-refractivity contribution is 0.0806. The third kappa shape index (κ3) is 5.34. The van der Waals surface area contributed by atoms with Crippen LogP contribution in [0.5, 0.6) is 0 Å². The van der Waals surface area contributed by atoms with Crippen molar-refractivity contribution in [3.63, 3.8) is 0 Å². The van der Waals surface area contributed by atoms with Crippen LogP contribution in [0.3, 0.4) is 0 Å². The first kappa shape index (κ1) is 17.4. The lowest BCUT2D eigenvalue weighted by Crippen LogP contribution is -2.42. The summed E-state index contributed by atoms with van der Waals surface area (Å²) in [5.41, 5.74) is 2.28. The molecular formula is C16H27N3O2. The van der Waals surface area contributed by atoms with Crippen LogP contribution in [0.2, 0.25) is 0 Å². The molecule has 0 spiro atoms. The first-order valence-electron chi connectivity index (χ1n) is 7.58. The molecule has 0 saturated carbocycles. The molecule has 1 aromatic heterocycles. The molecule has 0 aliphatic carbocycles. The topological polar surface area (TPSA) is 63.2 Å². The van der Waals surface area contributed by atoms with Crippen molar-refractivity contribution < 1.29 is 9.53 Å². The summed E-state index contributed by atoms with van der Waals surface area (Å²) in [5, 5.41) is 6.25. The maximum Gasteiger partial charge on any atom is 0.255 e. The molecule has 0 saturated heterocycles. The Morgan fingerprint density at radius 2 is 2.10 bits per heavy atom. The number of amides is 1. The largest absolute Gasteiger partial charge is 0.385 e. The van der Waals surface area contributed by atoms with Crippen molar-refractivity contribution in [2.24, 2.45) is 5.92 Å². The molecule has 0 aromatic carbocycles. The number of carbonyl (C=O) groups excluding carboxylic acids is 1. The van der Waals surface area contributed by atoms with Crippen molar-refractivity contribution in [2.45, 2.75) is 40.7 Å². The van der Waals surface area contributed by atoms with Gasteiger partial charge in [0, 0.05) is 25.0 Å². The molecule has 118 valence electrons. The van der Waals surface area contributed by atoms with Crippen molar-refractivity contribution in [2.75, 3.05) is 25.1 Å². The predicted octanol–water partition coefficient (Wildman–Crippen LogP) is 2.61. The molecule has 1 atom stereocenters. The monoisotopic (exact) mass is 293 g/mol. The SMILES string of the molecule is CCNc1cc(C)ncc1C(=O)NC(COCC)C(C)C. The quantitative estimate of drug-likeness (QED) is 0.773. The molecule has 5 nitrogen and oxygen atoms in total. The number of nitrogens with one attached hydrogen (secondary N) is 2. The van der Waals surface area contributed by atoms with Gasteiger partial charge < -0.3 is 15.4 Å². The summed E-state index contributed by atoms with van der Waals surface area (Å²) in [6.45, 7) is 11.9. The average Bonchev–Trinajstić information content (AvgIpc) is 2.43. The summed E-state index contributed by atoms with van der Waals surface area (Å²) < 4.78 is 5.44. The first-order chi connectivity index (χ1) is 9.99. The van der Waals surface area contributed by atoms with Gasteiger partial charge in [0.25, 0.3) is 5.91 Å². The van der Waals surface area contributed by atoms with Crippen molar-refractivity contribution in [1.82, 2.24) is 10.3 Å². The van der Waals surface area contributed by atoms with E-state index in [2.05, 4.69) is 29.5 Å². The van der Waals surface area contributed by atoms with Crippen molar-refractivity contribution in [3.8, 4) is 0 Å². The van der Waals surface area contributed by atoms with E-state index >= 15 is 0 Å². The highest BCUT2D eigenvalue weighted by Gasteiger charge is 2.19. The molecule has 1 amide bonds. The zero-order chi connectivity index (χ0) is 15.8. The van der Waals surface area contributed by atoms with Crippen LogP contribution in [0.15, 0.2) is 12.3 Å². The normalized spacial score (nSPS) is 12.3. The Morgan fingerprint density at radius 3 is 2.67 bits per heavy atom. The number of pyridine rings is 1. The number of ether oxygens (including phenoxy) is 1. The maximum absolute atomic E-state index is 12.5. The van der Waals surface area contributed by atoms with Gasteiger partial charge in [0.2, 0.25) is 0 Å². The van der Waals surface area contributed by atoms with Gasteiger partial charge in [-0.05, 0) is 32.8 Å². The van der Waals surface area contributed by atoms with Crippen molar-refractivity contribution in [1.29, 1.82) is 0 Å². The van der Waals surface area contributed by atoms with E-state index in [1.54, 1.807) is 6.20 Å². The number of anilines is 1. The van der Waals surface area contributed by atoms with E-state index in [4.69, 9.17) is 4.74 Å². The van der Waals surface area contributed by atoms with Gasteiger partial charge in [-0.3, -0.25) is 9.78 Å². The second kappa shape index (κ2) is 8.62. The second-order valence-electron chi connectivity index (χ2n) is 5.39. The molecule has 5 heteroatoms. The number of nitrogens with zero attached hydrogens (tertiary/aromatic N) is 1. The first-order valence-corrected chi connectivity index (χ1v) is 7.58. The standard InChI is InChI=1S/C16H27N3O2/c1-6-17-14-8-12(5)18-9-13(14)16(20)19-15(11(3)4)10-21-7-2/h8-9,11,15H,6-7,10H2,1-5H3,(H,17,18)(H,19,20). The zero-order valence-electron chi connectivity index (χ0n) is 13.7. The third-order valence-electron chi connectivity index (χ3n) is 3.28. The van der Waals surface area contributed by atoms with Gasteiger partial charge in [-0.25, -0.2) is 0 Å². The average molecular weight is 293 g/mol. The fourth-order valence-corrected chi connectivity index (χ4v) is 1.97. The zero-order valence-corrected chi connectivity index (χ0v) is 13.7. The summed E-state index contributed by atoms with van der Waals surface area (Å²) in [4.78, 5) is 16.7. The molecule has 1 aromatic rings. The Labute approximate surface area is 127 Å². The molecule has 0 fully saturated rings. The Hall–Kier alpha value is -1.62. The number of aryl methyl sites for hydroxylation is 1. The van der Waals surface area contributed by atoms with Crippen LogP contribution in [0.1, 0.15) is 43.7 Å². The predicted molar refractivity (Wildman–Crippen MR) is 85.7 cm³/mol. The molecule has 0 bridgehead atoms. The summed E-state index contributed by atoms with van der Waals surface area (Å²) in [6, 6.07) is 1.89. The van der Waals surface area contributed by atoms with E-state index in [1.807, 2.05) is 26.8 Å². The molecule has 0 radical (unpaired) electrons. The molecule has 1 heterocycles. The molecule has 1 unspecified atom stereocenters. The Kier molecular flexibility index (Phi) is 7.15. The van der Waals surface area contributed by atoms with Crippen LogP contribution >= 0.6 is 0 Å². The lowest BCUT2D eigenvalue weighted by atomic mass is 10.0. The number of rotatable bonds is 8. The van der Waals surface area contributed by atoms with Gasteiger partial charge in [0.15, 0.2) is 0 Å². The van der Waals surface area contributed by atoms with E-state index < -0.39 is 0 Å². The molecule has 0 aliphatic heterocycles. The van der Waals surface area contributed by atoms with Gasteiger partial charge in [-0.15, -0.1) is 0 Å². The molecule has 0 aliphatic rings. The highest BCUT2D eigenvalue weighted by molar-refractivity contribution is 5.99. The smallest absolute Gasteiger partial charge is 0.255 e. The molecular weight excluding hydrogens is 266 g/mol. The van der Waals surface area contributed by atoms with Crippen molar-refractivity contribution >= 4 is 11.6 Å². The third-order valence-corrected chi connectivity index (χ3v) is 3.28. The maximum atomic E-state index is 12.5. The van der Waals surface area contributed by atoms with Crippen LogP contribution in [0, 0.1) is 12.8 Å². The van der Waals surface area contributed by atoms with E-state index in [0.717, 1.165) is 17.9 Å². The number of hydrogen-bond donors (Lipinski definition) is 2. The fourth-order valence-electron chi connectivity index (χ4n) is 1.97. The number of aromatic nitrogens is 1. The van der Waals surface area contributed by atoms with E-state index in [1.165, 1.54) is 0 Å². The van der Waals surface area contributed by atoms with Gasteiger partial charge in [-0.1, -0.05) is 13.8 Å². The molecule has 1 rings (SSSR count). The van der Waals surface area contributed by atoms with Crippen LogP contribution in [-0.2, 0) is 4.74 Å². The number of carbonyl (C=O) groups is 1. The summed E-state index contributed by atoms with van der Waals surface area (Å²) >= 11 is 0. The van der Waals surface area contributed by atoms with Gasteiger partial charge in [0.1, 0.15) is 0 Å². The highest BCUT2D eigenvalue weighted by atomic mass is 16.5. The minimum atomic E-state index is -0.114. The summed E-state index contributed by atoms with van der Waals surface area (Å²) in [5.74, 6) is 0.193. The fraction of sp³-hybridized carbons (Fsp3) is 0.625. The highest BCUT2D eigenvalue weighted by Crippen LogP contribution is 2.16. The van der Waals surface area contributed by atoms with Crippen molar-refractivity contribution in [3.05, 3.63) is 23.5 Å². The van der Waals surface area contributed by atoms with E-state index in [0.29, 0.717) is 24.7 Å². The van der Waals surface area contributed by atoms with Crippen LogP contribution in [0.4, 0.5) is 5.69 Å². The lowest BCUT2D eigenvalue weighted by Gasteiger charge is -2.23. The van der Waals surface area contributed by atoms with E-state index in [9.17, 15) is 4.79 Å². The van der Waals surface area contributed by atoms with Crippen LogP contribution in [0.25, 0.3) is 0 Å². The number of hydrogen-bond acceptors (Lipinski definition) is 4. The molecule has 21 heavy (non-hydrogen) atoms. The van der Waals surface area contributed by atoms with Crippen LogP contribution in [-0.4, -0.2) is 36.7 Å². The summed E-state index contributed by atoms with van der Waals surface area (Å²) in [7, 11) is 0.